The van der Waals surface area contributed by atoms with Gasteiger partial charge in [-0.15, -0.1) is 11.8 Å². The first-order valence-corrected chi connectivity index (χ1v) is 7.84. The first-order chi connectivity index (χ1) is 8.58. The highest BCUT2D eigenvalue weighted by atomic mass is 79.9. The Hall–Kier alpha value is -0.0700. The lowest BCUT2D eigenvalue weighted by atomic mass is 10.0. The molecule has 102 valence electrons. The Morgan fingerprint density at radius 2 is 1.94 bits per heavy atom. The maximum atomic E-state index is 9.43. The Balaban J connectivity index is 2.74. The number of hydrogen-bond donors (Lipinski definition) is 3. The maximum Gasteiger partial charge on any atom is 0.0861 e. The van der Waals surface area contributed by atoms with Crippen LogP contribution in [0, 0.1) is 0 Å². The van der Waals surface area contributed by atoms with Crippen LogP contribution < -0.4 is 5.73 Å². The second-order valence-electron chi connectivity index (χ2n) is 4.21. The molecule has 1 aromatic rings. The van der Waals surface area contributed by atoms with E-state index in [9.17, 15) is 5.11 Å². The average molecular weight is 334 g/mol. The van der Waals surface area contributed by atoms with E-state index >= 15 is 0 Å². The molecule has 1 aromatic carbocycles. The summed E-state index contributed by atoms with van der Waals surface area (Å²) in [5, 5.41) is 18.4. The summed E-state index contributed by atoms with van der Waals surface area (Å²) in [6.07, 6.45) is 0.195. The molecular formula is C13H20BrNO2S. The molecule has 0 aliphatic rings. The van der Waals surface area contributed by atoms with Gasteiger partial charge in [-0.25, -0.2) is 0 Å². The molecule has 0 amide bonds. The third-order valence-corrected chi connectivity index (χ3v) is 4.82. The molecule has 0 saturated heterocycles. The first-order valence-electron chi connectivity index (χ1n) is 6.00. The first kappa shape index (κ1) is 16.0. The van der Waals surface area contributed by atoms with Crippen molar-refractivity contribution in [1.82, 2.24) is 0 Å². The van der Waals surface area contributed by atoms with Crippen molar-refractivity contribution in [2.45, 2.75) is 30.7 Å². The lowest BCUT2D eigenvalue weighted by molar-refractivity contribution is 0.113. The smallest absolute Gasteiger partial charge is 0.0861 e. The van der Waals surface area contributed by atoms with Crippen LogP contribution in [-0.2, 0) is 0 Å². The van der Waals surface area contributed by atoms with Crippen molar-refractivity contribution in [2.24, 2.45) is 5.73 Å². The van der Waals surface area contributed by atoms with Crippen molar-refractivity contribution < 1.29 is 10.2 Å². The molecule has 0 bridgehead atoms. The van der Waals surface area contributed by atoms with Crippen LogP contribution in [0.3, 0.4) is 0 Å². The molecule has 3 atom stereocenters. The number of aliphatic hydroxyl groups is 2. The van der Waals surface area contributed by atoms with Gasteiger partial charge >= 0.3 is 0 Å². The number of hydrogen-bond acceptors (Lipinski definition) is 4. The fourth-order valence-electron chi connectivity index (χ4n) is 1.60. The third-order valence-electron chi connectivity index (χ3n) is 2.74. The zero-order chi connectivity index (χ0) is 13.5. The van der Waals surface area contributed by atoms with Crippen LogP contribution in [0.4, 0.5) is 0 Å². The van der Waals surface area contributed by atoms with Crippen LogP contribution in [0.15, 0.2) is 28.7 Å². The molecule has 18 heavy (non-hydrogen) atoms. The quantitative estimate of drug-likeness (QED) is 0.716. The van der Waals surface area contributed by atoms with Crippen molar-refractivity contribution >= 4 is 27.7 Å². The number of halogens is 1. The molecule has 0 heterocycles. The molecule has 5 heteroatoms. The van der Waals surface area contributed by atoms with Crippen molar-refractivity contribution in [3.63, 3.8) is 0 Å². The zero-order valence-corrected chi connectivity index (χ0v) is 12.8. The number of aliphatic hydroxyl groups excluding tert-OH is 2. The largest absolute Gasteiger partial charge is 0.394 e. The molecule has 0 saturated carbocycles. The molecule has 0 aromatic heterocycles. The van der Waals surface area contributed by atoms with Crippen LogP contribution in [-0.4, -0.2) is 34.7 Å². The monoisotopic (exact) mass is 333 g/mol. The maximum absolute atomic E-state index is 9.43. The number of rotatable bonds is 7. The Bertz CT molecular complexity index is 347. The molecule has 3 nitrogen and oxygen atoms in total. The molecule has 0 spiro atoms. The van der Waals surface area contributed by atoms with Gasteiger partial charge in [-0.05, 0) is 24.1 Å². The van der Waals surface area contributed by atoms with Gasteiger partial charge in [0.2, 0.25) is 0 Å². The SMILES string of the molecule is CCC(N)C(SCC(O)CO)c1ccc(Br)cc1. The van der Waals surface area contributed by atoms with Gasteiger partial charge in [0.05, 0.1) is 12.7 Å². The van der Waals surface area contributed by atoms with Crippen LogP contribution >= 0.6 is 27.7 Å². The Labute approximate surface area is 121 Å². The Morgan fingerprint density at radius 3 is 2.44 bits per heavy atom. The second-order valence-corrected chi connectivity index (χ2v) is 6.30. The molecular weight excluding hydrogens is 314 g/mol. The fourth-order valence-corrected chi connectivity index (χ4v) is 3.19. The van der Waals surface area contributed by atoms with E-state index < -0.39 is 6.10 Å². The molecule has 3 unspecified atom stereocenters. The molecule has 0 aliphatic heterocycles. The summed E-state index contributed by atoms with van der Waals surface area (Å²) >= 11 is 5.01. The minimum atomic E-state index is -0.683. The average Bonchev–Trinajstić information content (AvgIpc) is 2.40. The topological polar surface area (TPSA) is 66.5 Å². The molecule has 0 aliphatic carbocycles. The minimum absolute atomic E-state index is 0.0436. The van der Waals surface area contributed by atoms with E-state index in [1.807, 2.05) is 24.3 Å². The standard InChI is InChI=1S/C13H20BrNO2S/c1-2-12(15)13(18-8-11(17)7-16)9-3-5-10(14)6-4-9/h3-6,11-13,16-17H,2,7-8,15H2,1H3. The number of benzene rings is 1. The van der Waals surface area contributed by atoms with Crippen LogP contribution in [0.2, 0.25) is 0 Å². The van der Waals surface area contributed by atoms with Crippen molar-refractivity contribution in [3.05, 3.63) is 34.3 Å². The number of thioether (sulfide) groups is 1. The van der Waals surface area contributed by atoms with Gasteiger partial charge in [-0.2, -0.15) is 0 Å². The van der Waals surface area contributed by atoms with Gasteiger partial charge in [0.25, 0.3) is 0 Å². The van der Waals surface area contributed by atoms with Crippen molar-refractivity contribution in [3.8, 4) is 0 Å². The lowest BCUT2D eigenvalue weighted by Gasteiger charge is -2.24. The summed E-state index contributed by atoms with van der Waals surface area (Å²) in [7, 11) is 0. The van der Waals surface area contributed by atoms with E-state index in [4.69, 9.17) is 10.8 Å². The van der Waals surface area contributed by atoms with Crippen LogP contribution in [0.1, 0.15) is 24.2 Å². The minimum Gasteiger partial charge on any atom is -0.394 e. The number of nitrogens with two attached hydrogens (primary N) is 1. The summed E-state index contributed by atoms with van der Waals surface area (Å²) in [5.41, 5.74) is 7.29. The van der Waals surface area contributed by atoms with Crippen molar-refractivity contribution in [2.75, 3.05) is 12.4 Å². The summed E-state index contributed by atoms with van der Waals surface area (Å²) in [5.74, 6) is 0.491. The van der Waals surface area contributed by atoms with Gasteiger partial charge in [-0.3, -0.25) is 0 Å². The van der Waals surface area contributed by atoms with E-state index in [-0.39, 0.29) is 17.9 Å². The second kappa shape index (κ2) is 8.17. The van der Waals surface area contributed by atoms with Gasteiger partial charge in [0.1, 0.15) is 0 Å². The van der Waals surface area contributed by atoms with Gasteiger partial charge < -0.3 is 15.9 Å². The lowest BCUT2D eigenvalue weighted by Crippen LogP contribution is -2.27. The zero-order valence-electron chi connectivity index (χ0n) is 10.4. The van der Waals surface area contributed by atoms with Crippen molar-refractivity contribution in [1.29, 1.82) is 0 Å². The molecule has 4 N–H and O–H groups in total. The molecule has 1 rings (SSSR count). The summed E-state index contributed by atoms with van der Waals surface area (Å²) < 4.78 is 1.04. The predicted molar refractivity (Wildman–Crippen MR) is 80.7 cm³/mol. The van der Waals surface area contributed by atoms with E-state index in [0.717, 1.165) is 16.5 Å². The summed E-state index contributed by atoms with van der Waals surface area (Å²) in [6.45, 7) is 1.85. The van der Waals surface area contributed by atoms with E-state index in [0.29, 0.717) is 5.75 Å². The normalized spacial score (nSPS) is 16.3. The van der Waals surface area contributed by atoms with E-state index in [1.165, 1.54) is 0 Å². The highest BCUT2D eigenvalue weighted by molar-refractivity contribution is 9.10. The van der Waals surface area contributed by atoms with Gasteiger partial charge in [0.15, 0.2) is 0 Å². The van der Waals surface area contributed by atoms with E-state index in [2.05, 4.69) is 22.9 Å². The van der Waals surface area contributed by atoms with Crippen LogP contribution in [0.5, 0.6) is 0 Å². The molecule has 0 radical (unpaired) electrons. The van der Waals surface area contributed by atoms with Gasteiger partial charge in [-0.1, -0.05) is 35.0 Å². The predicted octanol–water partition coefficient (Wildman–Crippen LogP) is 2.31. The highest BCUT2D eigenvalue weighted by Gasteiger charge is 2.20. The van der Waals surface area contributed by atoms with Crippen LogP contribution in [0.25, 0.3) is 0 Å². The summed E-state index contributed by atoms with van der Waals surface area (Å²) in [4.78, 5) is 0. The van der Waals surface area contributed by atoms with Gasteiger partial charge in [0, 0.05) is 21.5 Å². The molecule has 0 fully saturated rings. The Kier molecular flexibility index (Phi) is 7.26. The summed E-state index contributed by atoms with van der Waals surface area (Å²) in [6, 6.07) is 8.12. The highest BCUT2D eigenvalue weighted by Crippen LogP contribution is 2.33. The third kappa shape index (κ3) is 4.90. The van der Waals surface area contributed by atoms with E-state index in [1.54, 1.807) is 11.8 Å². The fraction of sp³-hybridized carbons (Fsp3) is 0.538. The Morgan fingerprint density at radius 1 is 1.33 bits per heavy atom.